The van der Waals surface area contributed by atoms with Crippen LogP contribution in [0.1, 0.15) is 30.9 Å². The van der Waals surface area contributed by atoms with Crippen LogP contribution in [-0.2, 0) is 17.8 Å². The molecule has 0 atom stereocenters. The SMILES string of the molecule is CCc1ccc(NC(=S)NCc2ccc(N3CCCC3=O)cc2)cc1. The number of aryl methyl sites for hydroxylation is 1. The Balaban J connectivity index is 1.50. The Morgan fingerprint density at radius 2 is 1.76 bits per heavy atom. The van der Waals surface area contributed by atoms with Gasteiger partial charge in [0.05, 0.1) is 0 Å². The molecular weight excluding hydrogens is 330 g/mol. The van der Waals surface area contributed by atoms with Crippen LogP contribution >= 0.6 is 12.2 Å². The van der Waals surface area contributed by atoms with Crippen LogP contribution in [-0.4, -0.2) is 17.6 Å². The van der Waals surface area contributed by atoms with Crippen LogP contribution in [0, 0.1) is 0 Å². The van der Waals surface area contributed by atoms with Gasteiger partial charge in [-0.15, -0.1) is 0 Å². The van der Waals surface area contributed by atoms with Gasteiger partial charge in [-0.05, 0) is 60.5 Å². The minimum Gasteiger partial charge on any atom is -0.358 e. The Labute approximate surface area is 154 Å². The van der Waals surface area contributed by atoms with Crippen molar-refractivity contribution < 1.29 is 4.79 Å². The molecule has 0 unspecified atom stereocenters. The summed E-state index contributed by atoms with van der Waals surface area (Å²) in [4.78, 5) is 13.6. The van der Waals surface area contributed by atoms with Crippen LogP contribution in [0.2, 0.25) is 0 Å². The molecule has 2 aromatic carbocycles. The molecule has 130 valence electrons. The van der Waals surface area contributed by atoms with Gasteiger partial charge in [0.25, 0.3) is 0 Å². The number of hydrogen-bond acceptors (Lipinski definition) is 2. The first kappa shape index (κ1) is 17.4. The zero-order chi connectivity index (χ0) is 17.6. The third-order valence-electron chi connectivity index (χ3n) is 4.39. The van der Waals surface area contributed by atoms with E-state index in [0.717, 1.165) is 36.3 Å². The van der Waals surface area contributed by atoms with Gasteiger partial charge in [0.15, 0.2) is 5.11 Å². The first-order valence-electron chi connectivity index (χ1n) is 8.69. The van der Waals surface area contributed by atoms with Crippen molar-refractivity contribution >= 4 is 34.6 Å². The number of anilines is 2. The molecule has 2 N–H and O–H groups in total. The summed E-state index contributed by atoms with van der Waals surface area (Å²) in [6, 6.07) is 16.3. The molecule has 1 fully saturated rings. The van der Waals surface area contributed by atoms with Crippen molar-refractivity contribution in [2.45, 2.75) is 32.7 Å². The lowest BCUT2D eigenvalue weighted by atomic mass is 10.1. The van der Waals surface area contributed by atoms with E-state index in [1.165, 1.54) is 5.56 Å². The summed E-state index contributed by atoms with van der Waals surface area (Å²) >= 11 is 5.35. The summed E-state index contributed by atoms with van der Waals surface area (Å²) in [7, 11) is 0. The lowest BCUT2D eigenvalue weighted by Gasteiger charge is -2.16. The smallest absolute Gasteiger partial charge is 0.227 e. The van der Waals surface area contributed by atoms with Crippen LogP contribution in [0.15, 0.2) is 48.5 Å². The highest BCUT2D eigenvalue weighted by molar-refractivity contribution is 7.80. The van der Waals surface area contributed by atoms with Gasteiger partial charge in [-0.1, -0.05) is 31.2 Å². The van der Waals surface area contributed by atoms with Crippen LogP contribution in [0.5, 0.6) is 0 Å². The van der Waals surface area contributed by atoms with Crippen molar-refractivity contribution in [3.63, 3.8) is 0 Å². The summed E-state index contributed by atoms with van der Waals surface area (Å²) in [5.41, 5.74) is 4.39. The standard InChI is InChI=1S/C20H23N3OS/c1-2-15-5-9-17(10-6-15)22-20(25)21-14-16-7-11-18(12-8-16)23-13-3-4-19(23)24/h5-12H,2-4,13-14H2,1H3,(H2,21,22,25). The van der Waals surface area contributed by atoms with E-state index < -0.39 is 0 Å². The number of amides is 1. The first-order chi connectivity index (χ1) is 12.2. The number of carbonyl (C=O) groups excluding carboxylic acids is 1. The van der Waals surface area contributed by atoms with Crippen molar-refractivity contribution in [1.82, 2.24) is 5.32 Å². The summed E-state index contributed by atoms with van der Waals surface area (Å²) in [5.74, 6) is 0.213. The molecule has 2 aromatic rings. The highest BCUT2D eigenvalue weighted by Crippen LogP contribution is 2.21. The molecule has 1 aliphatic heterocycles. The molecule has 0 saturated carbocycles. The maximum atomic E-state index is 11.8. The molecule has 1 amide bonds. The highest BCUT2D eigenvalue weighted by Gasteiger charge is 2.21. The van der Waals surface area contributed by atoms with Crippen LogP contribution in [0.3, 0.4) is 0 Å². The van der Waals surface area contributed by atoms with E-state index >= 15 is 0 Å². The first-order valence-corrected chi connectivity index (χ1v) is 9.09. The van der Waals surface area contributed by atoms with Crippen LogP contribution in [0.25, 0.3) is 0 Å². The Morgan fingerprint density at radius 1 is 1.08 bits per heavy atom. The number of benzene rings is 2. The number of thiocarbonyl (C=S) groups is 1. The molecule has 0 spiro atoms. The van der Waals surface area contributed by atoms with E-state index in [4.69, 9.17) is 12.2 Å². The van der Waals surface area contributed by atoms with Crippen molar-refractivity contribution in [3.05, 3.63) is 59.7 Å². The fraction of sp³-hybridized carbons (Fsp3) is 0.300. The molecule has 3 rings (SSSR count). The fourth-order valence-corrected chi connectivity index (χ4v) is 3.09. The van der Waals surface area contributed by atoms with Gasteiger partial charge in [-0.2, -0.15) is 0 Å². The van der Waals surface area contributed by atoms with Gasteiger partial charge in [-0.25, -0.2) is 0 Å². The van der Waals surface area contributed by atoms with Gasteiger partial charge in [0.1, 0.15) is 0 Å². The van der Waals surface area contributed by atoms with Crippen molar-refractivity contribution in [2.75, 3.05) is 16.8 Å². The number of nitrogens with zero attached hydrogens (tertiary/aromatic N) is 1. The quantitative estimate of drug-likeness (QED) is 0.801. The number of rotatable bonds is 5. The van der Waals surface area contributed by atoms with Gasteiger partial charge < -0.3 is 15.5 Å². The fourth-order valence-electron chi connectivity index (χ4n) is 2.90. The Kier molecular flexibility index (Phi) is 5.66. The molecule has 1 saturated heterocycles. The Morgan fingerprint density at radius 3 is 2.36 bits per heavy atom. The van der Waals surface area contributed by atoms with Gasteiger partial charge in [0, 0.05) is 30.9 Å². The molecule has 5 heteroatoms. The molecule has 25 heavy (non-hydrogen) atoms. The third-order valence-corrected chi connectivity index (χ3v) is 4.64. The van der Waals surface area contributed by atoms with E-state index in [9.17, 15) is 4.79 Å². The zero-order valence-corrected chi connectivity index (χ0v) is 15.2. The Hall–Kier alpha value is -2.40. The molecule has 1 aliphatic rings. The van der Waals surface area contributed by atoms with E-state index in [1.54, 1.807) is 0 Å². The molecule has 1 heterocycles. The predicted octanol–water partition coefficient (Wildman–Crippen LogP) is 3.86. The molecule has 0 aromatic heterocycles. The van der Waals surface area contributed by atoms with Gasteiger partial charge >= 0.3 is 0 Å². The number of hydrogen-bond donors (Lipinski definition) is 2. The average Bonchev–Trinajstić information content (AvgIpc) is 3.07. The van der Waals surface area contributed by atoms with E-state index in [2.05, 4.69) is 29.7 Å². The second-order valence-corrected chi connectivity index (χ2v) is 6.58. The maximum Gasteiger partial charge on any atom is 0.227 e. The second-order valence-electron chi connectivity index (χ2n) is 6.17. The molecule has 0 aliphatic carbocycles. The minimum atomic E-state index is 0.213. The van der Waals surface area contributed by atoms with E-state index in [-0.39, 0.29) is 5.91 Å². The van der Waals surface area contributed by atoms with Crippen molar-refractivity contribution in [1.29, 1.82) is 0 Å². The average molecular weight is 353 g/mol. The van der Waals surface area contributed by atoms with Gasteiger partial charge in [0.2, 0.25) is 5.91 Å². The monoisotopic (exact) mass is 353 g/mol. The summed E-state index contributed by atoms with van der Waals surface area (Å²) in [6.07, 6.45) is 2.63. The van der Waals surface area contributed by atoms with Crippen molar-refractivity contribution in [2.24, 2.45) is 0 Å². The zero-order valence-electron chi connectivity index (χ0n) is 14.4. The summed E-state index contributed by atoms with van der Waals surface area (Å²) in [5, 5.41) is 7.01. The number of carbonyl (C=O) groups is 1. The molecule has 4 nitrogen and oxygen atoms in total. The van der Waals surface area contributed by atoms with Crippen LogP contribution < -0.4 is 15.5 Å². The van der Waals surface area contributed by atoms with Crippen molar-refractivity contribution in [3.8, 4) is 0 Å². The van der Waals surface area contributed by atoms with E-state index in [1.807, 2.05) is 41.3 Å². The summed E-state index contributed by atoms with van der Waals surface area (Å²) in [6.45, 7) is 3.61. The molecular formula is C20H23N3OS. The van der Waals surface area contributed by atoms with Crippen LogP contribution in [0.4, 0.5) is 11.4 Å². The highest BCUT2D eigenvalue weighted by atomic mass is 32.1. The maximum absolute atomic E-state index is 11.8. The third kappa shape index (κ3) is 4.57. The largest absolute Gasteiger partial charge is 0.358 e. The number of nitrogens with one attached hydrogen (secondary N) is 2. The minimum absolute atomic E-state index is 0.213. The lowest BCUT2D eigenvalue weighted by molar-refractivity contribution is -0.117. The Bertz CT molecular complexity index is 741. The topological polar surface area (TPSA) is 44.4 Å². The van der Waals surface area contributed by atoms with E-state index in [0.29, 0.717) is 18.1 Å². The molecule has 0 bridgehead atoms. The molecule has 0 radical (unpaired) electrons. The second kappa shape index (κ2) is 8.12. The predicted molar refractivity (Wildman–Crippen MR) is 107 cm³/mol. The normalized spacial score (nSPS) is 13.8. The lowest BCUT2D eigenvalue weighted by Crippen LogP contribution is -2.28. The summed E-state index contributed by atoms with van der Waals surface area (Å²) < 4.78 is 0. The van der Waals surface area contributed by atoms with Gasteiger partial charge in [-0.3, -0.25) is 4.79 Å².